The number of anilines is 2. The molecule has 0 saturated carbocycles. The second kappa shape index (κ2) is 9.71. The van der Waals surface area contributed by atoms with Gasteiger partial charge in [-0.25, -0.2) is 22.1 Å². The van der Waals surface area contributed by atoms with Crippen molar-refractivity contribution in [3.8, 4) is 0 Å². The average molecular weight is 441 g/mol. The second-order valence-electron chi connectivity index (χ2n) is 7.18. The smallest absolute Gasteiger partial charge is 0.224 e. The topological polar surface area (TPSA) is 131 Å². The van der Waals surface area contributed by atoms with Gasteiger partial charge in [0.05, 0.1) is 12.9 Å². The molecule has 2 heterocycles. The molecule has 2 aliphatic rings. The normalized spacial score (nSPS) is 19.0. The standard InChI is InChI=1S/C19H27FN5O4S/c1-29-17-4-3-13(20)11-15(17)16-12-22-19(24-18(16)21)23-14-5-7-25(8-6-14)30(27,28)10-2-9-26/h4,11-12,14,26H,2-3,5-10H2,1H3,(H3,21,22,23,24). The quantitative estimate of drug-likeness (QED) is 0.554. The Morgan fingerprint density at radius 1 is 1.40 bits per heavy atom. The van der Waals surface area contributed by atoms with E-state index in [-0.39, 0.29) is 42.9 Å². The van der Waals surface area contributed by atoms with E-state index in [2.05, 4.69) is 15.3 Å². The van der Waals surface area contributed by atoms with Gasteiger partial charge in [-0.1, -0.05) is 0 Å². The Bertz CT molecular complexity index is 927. The molecule has 0 bridgehead atoms. The summed E-state index contributed by atoms with van der Waals surface area (Å²) in [6.07, 6.45) is 6.14. The van der Waals surface area contributed by atoms with Crippen molar-refractivity contribution in [2.75, 3.05) is 43.6 Å². The summed E-state index contributed by atoms with van der Waals surface area (Å²) in [6, 6.07) is 0.00801. The van der Waals surface area contributed by atoms with E-state index in [4.69, 9.17) is 15.6 Å². The van der Waals surface area contributed by atoms with Crippen molar-refractivity contribution >= 4 is 27.4 Å². The number of aromatic nitrogens is 2. The summed E-state index contributed by atoms with van der Waals surface area (Å²) in [7, 11) is -1.83. The summed E-state index contributed by atoms with van der Waals surface area (Å²) in [6.45, 7) is 0.640. The fourth-order valence-electron chi connectivity index (χ4n) is 3.50. The number of nitrogens with zero attached hydrogens (tertiary/aromatic N) is 3. The fraction of sp³-hybridized carbons (Fsp3) is 0.526. The number of allylic oxidation sites excluding steroid dienone is 4. The SMILES string of the molecule is COC1=C(c2cnc(NC3CCN(S(=O)(=O)CCCO)CC3)nc2N)C=C(F)C[CH]1. The van der Waals surface area contributed by atoms with Crippen LogP contribution in [0, 0.1) is 6.42 Å². The minimum absolute atomic E-state index is 0.00801. The van der Waals surface area contributed by atoms with Crippen LogP contribution in [0.15, 0.2) is 23.9 Å². The van der Waals surface area contributed by atoms with Crippen LogP contribution in [0.5, 0.6) is 0 Å². The number of nitrogens with two attached hydrogens (primary N) is 1. The average Bonchev–Trinajstić information content (AvgIpc) is 2.73. The first-order valence-electron chi connectivity index (χ1n) is 9.79. The number of aliphatic hydroxyl groups is 1. The molecule has 11 heteroatoms. The molecule has 1 aliphatic carbocycles. The van der Waals surface area contributed by atoms with Crippen molar-refractivity contribution in [3.63, 3.8) is 0 Å². The second-order valence-corrected chi connectivity index (χ2v) is 9.27. The van der Waals surface area contributed by atoms with Crippen molar-refractivity contribution in [1.29, 1.82) is 0 Å². The summed E-state index contributed by atoms with van der Waals surface area (Å²) in [5.41, 5.74) is 7.06. The van der Waals surface area contributed by atoms with Crippen LogP contribution in [-0.2, 0) is 14.8 Å². The lowest BCUT2D eigenvalue weighted by Gasteiger charge is -2.31. The van der Waals surface area contributed by atoms with Gasteiger partial charge < -0.3 is 20.9 Å². The number of hydrogen-bond acceptors (Lipinski definition) is 8. The Morgan fingerprint density at radius 2 is 2.13 bits per heavy atom. The number of ether oxygens (including phenoxy) is 1. The predicted octanol–water partition coefficient (Wildman–Crippen LogP) is 1.47. The third-order valence-electron chi connectivity index (χ3n) is 5.12. The predicted molar refractivity (Wildman–Crippen MR) is 112 cm³/mol. The van der Waals surface area contributed by atoms with Crippen molar-refractivity contribution in [3.05, 3.63) is 35.8 Å². The largest absolute Gasteiger partial charge is 0.500 e. The van der Waals surface area contributed by atoms with Gasteiger partial charge in [-0.15, -0.1) is 0 Å². The van der Waals surface area contributed by atoms with Crippen molar-refractivity contribution in [2.24, 2.45) is 0 Å². The minimum Gasteiger partial charge on any atom is -0.500 e. The van der Waals surface area contributed by atoms with Gasteiger partial charge in [-0.3, -0.25) is 0 Å². The Balaban J connectivity index is 1.64. The van der Waals surface area contributed by atoms with Gasteiger partial charge in [0, 0.05) is 55.9 Å². The molecular formula is C19H27FN5O4S. The highest BCUT2D eigenvalue weighted by Gasteiger charge is 2.28. The molecule has 1 aliphatic heterocycles. The molecule has 0 aromatic carbocycles. The van der Waals surface area contributed by atoms with Crippen LogP contribution in [0.25, 0.3) is 5.57 Å². The molecule has 1 aromatic heterocycles. The number of halogens is 1. The number of aliphatic hydroxyl groups excluding tert-OH is 1. The Labute approximate surface area is 175 Å². The van der Waals surface area contributed by atoms with Gasteiger partial charge >= 0.3 is 0 Å². The number of hydrogen-bond donors (Lipinski definition) is 3. The zero-order chi connectivity index (χ0) is 21.7. The lowest BCUT2D eigenvalue weighted by atomic mass is 9.98. The lowest BCUT2D eigenvalue weighted by molar-refractivity contribution is 0.291. The molecule has 1 fully saturated rings. The van der Waals surface area contributed by atoms with Gasteiger partial charge in [0.15, 0.2) is 0 Å². The first-order valence-corrected chi connectivity index (χ1v) is 11.4. The van der Waals surface area contributed by atoms with Crippen molar-refractivity contribution < 1.29 is 22.7 Å². The number of nitrogens with one attached hydrogen (secondary N) is 1. The fourth-order valence-corrected chi connectivity index (χ4v) is 5.02. The van der Waals surface area contributed by atoms with E-state index in [0.29, 0.717) is 48.8 Å². The first-order chi connectivity index (χ1) is 14.3. The van der Waals surface area contributed by atoms with E-state index in [1.165, 1.54) is 23.7 Å². The van der Waals surface area contributed by atoms with E-state index in [1.807, 2.05) is 0 Å². The van der Waals surface area contributed by atoms with Crippen LogP contribution >= 0.6 is 0 Å². The number of rotatable bonds is 8. The minimum atomic E-state index is -3.34. The molecule has 0 spiro atoms. The Morgan fingerprint density at radius 3 is 2.77 bits per heavy atom. The molecule has 3 rings (SSSR count). The molecule has 1 aromatic rings. The first kappa shape index (κ1) is 22.4. The lowest BCUT2D eigenvalue weighted by Crippen LogP contribution is -2.43. The van der Waals surface area contributed by atoms with Crippen molar-refractivity contribution in [1.82, 2.24) is 14.3 Å². The van der Waals surface area contributed by atoms with Crippen LogP contribution in [0.4, 0.5) is 16.2 Å². The zero-order valence-electron chi connectivity index (χ0n) is 16.8. The molecule has 30 heavy (non-hydrogen) atoms. The monoisotopic (exact) mass is 440 g/mol. The summed E-state index contributed by atoms with van der Waals surface area (Å²) < 4.78 is 44.9. The van der Waals surface area contributed by atoms with Crippen LogP contribution in [0.1, 0.15) is 31.2 Å². The van der Waals surface area contributed by atoms with E-state index >= 15 is 0 Å². The number of sulfonamides is 1. The summed E-state index contributed by atoms with van der Waals surface area (Å²) in [5.74, 6) is 0.700. The number of methoxy groups -OCH3 is 1. The summed E-state index contributed by atoms with van der Waals surface area (Å²) >= 11 is 0. The molecule has 1 radical (unpaired) electrons. The molecule has 4 N–H and O–H groups in total. The molecular weight excluding hydrogens is 413 g/mol. The van der Waals surface area contributed by atoms with Gasteiger partial charge in [-0.2, -0.15) is 4.98 Å². The molecule has 9 nitrogen and oxygen atoms in total. The van der Waals surface area contributed by atoms with Gasteiger partial charge in [-0.05, 0) is 25.3 Å². The third kappa shape index (κ3) is 5.27. The third-order valence-corrected chi connectivity index (χ3v) is 7.07. The highest BCUT2D eigenvalue weighted by molar-refractivity contribution is 7.89. The van der Waals surface area contributed by atoms with Gasteiger partial charge in [0.1, 0.15) is 17.4 Å². The van der Waals surface area contributed by atoms with Gasteiger partial charge in [0.2, 0.25) is 16.0 Å². The van der Waals surface area contributed by atoms with E-state index in [9.17, 15) is 12.8 Å². The molecule has 0 atom stereocenters. The van der Waals surface area contributed by atoms with Crippen molar-refractivity contribution in [2.45, 2.75) is 31.7 Å². The Kier molecular flexibility index (Phi) is 7.27. The molecule has 0 unspecified atom stereocenters. The van der Waals surface area contributed by atoms with Crippen LogP contribution in [0.2, 0.25) is 0 Å². The van der Waals surface area contributed by atoms with Crippen LogP contribution in [0.3, 0.4) is 0 Å². The molecule has 165 valence electrons. The highest BCUT2D eigenvalue weighted by Crippen LogP contribution is 2.33. The van der Waals surface area contributed by atoms with Crippen LogP contribution in [-0.4, -0.2) is 66.4 Å². The van der Waals surface area contributed by atoms with Crippen LogP contribution < -0.4 is 11.1 Å². The highest BCUT2D eigenvalue weighted by atomic mass is 32.2. The van der Waals surface area contributed by atoms with E-state index in [1.54, 1.807) is 6.42 Å². The number of nitrogen functional groups attached to an aromatic ring is 1. The maximum Gasteiger partial charge on any atom is 0.224 e. The Hall–Kier alpha value is -2.24. The van der Waals surface area contributed by atoms with E-state index < -0.39 is 10.0 Å². The molecule has 1 saturated heterocycles. The summed E-state index contributed by atoms with van der Waals surface area (Å²) in [4.78, 5) is 8.58. The maximum atomic E-state index is 13.7. The summed E-state index contributed by atoms with van der Waals surface area (Å²) in [5, 5.41) is 12.0. The van der Waals surface area contributed by atoms with E-state index in [0.717, 1.165) is 0 Å². The maximum absolute atomic E-state index is 13.7. The molecule has 0 amide bonds. The van der Waals surface area contributed by atoms with Gasteiger partial charge in [0.25, 0.3) is 0 Å². The number of piperidine rings is 1. The zero-order valence-corrected chi connectivity index (χ0v) is 17.7.